The molecule has 0 saturated carbocycles. The number of halogens is 1. The van der Waals surface area contributed by atoms with Gasteiger partial charge in [-0.25, -0.2) is 4.98 Å². The van der Waals surface area contributed by atoms with E-state index in [1.54, 1.807) is 6.07 Å². The van der Waals surface area contributed by atoms with Gasteiger partial charge >= 0.3 is 0 Å². The molecule has 1 N–H and O–H groups in total. The van der Waals surface area contributed by atoms with Crippen molar-refractivity contribution in [1.29, 1.82) is 0 Å². The molecule has 1 aromatic heterocycles. The molecule has 0 aliphatic carbocycles. The van der Waals surface area contributed by atoms with E-state index >= 15 is 0 Å². The van der Waals surface area contributed by atoms with Crippen molar-refractivity contribution in [3.8, 4) is 11.3 Å². The molecule has 0 aliphatic rings. The van der Waals surface area contributed by atoms with Crippen LogP contribution in [0.2, 0.25) is 5.02 Å². The highest BCUT2D eigenvalue weighted by Gasteiger charge is 2.14. The van der Waals surface area contributed by atoms with Crippen LogP contribution in [0.25, 0.3) is 11.3 Å². The first-order valence-corrected chi connectivity index (χ1v) is 4.94. The van der Waals surface area contributed by atoms with E-state index in [1.807, 2.05) is 0 Å². The monoisotopic (exact) mass is 251 g/mol. The summed E-state index contributed by atoms with van der Waals surface area (Å²) < 4.78 is 0. The van der Waals surface area contributed by atoms with E-state index in [4.69, 9.17) is 11.6 Å². The van der Waals surface area contributed by atoms with E-state index in [-0.39, 0.29) is 16.5 Å². The SMILES string of the molecule is O=Cc1ncc(-c2ccc(Cl)c([N+](=O)[O-])c2)[nH]1. The second-order valence-electron chi connectivity index (χ2n) is 3.22. The summed E-state index contributed by atoms with van der Waals surface area (Å²) in [5.41, 5.74) is 0.875. The first-order chi connectivity index (χ1) is 8.11. The lowest BCUT2D eigenvalue weighted by Gasteiger charge is -1.99. The van der Waals surface area contributed by atoms with Gasteiger partial charge in [0.1, 0.15) is 5.02 Å². The number of benzene rings is 1. The van der Waals surface area contributed by atoms with Crippen LogP contribution < -0.4 is 0 Å². The average Bonchev–Trinajstić information content (AvgIpc) is 2.78. The molecule has 17 heavy (non-hydrogen) atoms. The fourth-order valence-electron chi connectivity index (χ4n) is 1.36. The van der Waals surface area contributed by atoms with Gasteiger partial charge in [-0.05, 0) is 6.07 Å². The van der Waals surface area contributed by atoms with Crippen LogP contribution in [0, 0.1) is 10.1 Å². The molecular formula is C10H6ClN3O3. The summed E-state index contributed by atoms with van der Waals surface area (Å²) in [6.45, 7) is 0. The number of nitro benzene ring substituents is 1. The molecule has 0 radical (unpaired) electrons. The Hall–Kier alpha value is -2.21. The number of rotatable bonds is 3. The van der Waals surface area contributed by atoms with Crippen molar-refractivity contribution >= 4 is 23.6 Å². The Balaban J connectivity index is 2.49. The van der Waals surface area contributed by atoms with Crippen LogP contribution in [-0.4, -0.2) is 21.2 Å². The number of nitro groups is 1. The third-order valence-electron chi connectivity index (χ3n) is 2.16. The molecule has 0 atom stereocenters. The topological polar surface area (TPSA) is 88.9 Å². The minimum atomic E-state index is -0.567. The Morgan fingerprint density at radius 1 is 1.47 bits per heavy atom. The van der Waals surface area contributed by atoms with Gasteiger partial charge in [-0.3, -0.25) is 14.9 Å². The van der Waals surface area contributed by atoms with Crippen molar-refractivity contribution in [2.45, 2.75) is 0 Å². The van der Waals surface area contributed by atoms with Crippen LogP contribution in [0.5, 0.6) is 0 Å². The Morgan fingerprint density at radius 3 is 2.82 bits per heavy atom. The van der Waals surface area contributed by atoms with Crippen molar-refractivity contribution in [1.82, 2.24) is 9.97 Å². The van der Waals surface area contributed by atoms with Gasteiger partial charge < -0.3 is 4.98 Å². The Kier molecular flexibility index (Phi) is 2.88. The largest absolute Gasteiger partial charge is 0.336 e. The number of carbonyl (C=O) groups excluding carboxylic acids is 1. The van der Waals surface area contributed by atoms with Crippen molar-refractivity contribution < 1.29 is 9.72 Å². The highest BCUT2D eigenvalue weighted by atomic mass is 35.5. The molecule has 86 valence electrons. The molecule has 0 aliphatic heterocycles. The fourth-order valence-corrected chi connectivity index (χ4v) is 1.55. The van der Waals surface area contributed by atoms with Crippen molar-refractivity contribution in [3.63, 3.8) is 0 Å². The molecule has 0 fully saturated rings. The number of aldehydes is 1. The van der Waals surface area contributed by atoms with Crippen LogP contribution >= 0.6 is 11.6 Å². The maximum atomic E-state index is 10.7. The summed E-state index contributed by atoms with van der Waals surface area (Å²) >= 11 is 5.69. The molecule has 2 rings (SSSR count). The predicted octanol–water partition coefficient (Wildman–Crippen LogP) is 2.45. The zero-order valence-electron chi connectivity index (χ0n) is 8.38. The molecular weight excluding hydrogens is 246 g/mol. The summed E-state index contributed by atoms with van der Waals surface area (Å²) in [7, 11) is 0. The molecule has 0 bridgehead atoms. The quantitative estimate of drug-likeness (QED) is 0.515. The van der Waals surface area contributed by atoms with Gasteiger partial charge in [-0.15, -0.1) is 0 Å². The molecule has 2 aromatic rings. The smallest absolute Gasteiger partial charge is 0.288 e. The number of aromatic nitrogens is 2. The third kappa shape index (κ3) is 2.16. The lowest BCUT2D eigenvalue weighted by molar-refractivity contribution is -0.384. The van der Waals surface area contributed by atoms with Crippen molar-refractivity contribution in [2.75, 3.05) is 0 Å². The maximum Gasteiger partial charge on any atom is 0.288 e. The number of H-pyrrole nitrogens is 1. The lowest BCUT2D eigenvalue weighted by Crippen LogP contribution is -1.90. The van der Waals surface area contributed by atoms with Crippen LogP contribution in [0.15, 0.2) is 24.4 Å². The lowest BCUT2D eigenvalue weighted by atomic mass is 10.1. The van der Waals surface area contributed by atoms with E-state index < -0.39 is 4.92 Å². The molecule has 0 saturated heterocycles. The zero-order valence-corrected chi connectivity index (χ0v) is 9.14. The van der Waals surface area contributed by atoms with Crippen LogP contribution in [0.3, 0.4) is 0 Å². The number of nitrogens with one attached hydrogen (secondary N) is 1. The van der Waals surface area contributed by atoms with Crippen LogP contribution in [0.4, 0.5) is 5.69 Å². The zero-order chi connectivity index (χ0) is 12.4. The van der Waals surface area contributed by atoms with E-state index in [0.29, 0.717) is 17.5 Å². The number of nitrogens with zero attached hydrogens (tertiary/aromatic N) is 2. The highest BCUT2D eigenvalue weighted by Crippen LogP contribution is 2.29. The Morgan fingerprint density at radius 2 is 2.24 bits per heavy atom. The first kappa shape index (κ1) is 11.3. The summed E-state index contributed by atoms with van der Waals surface area (Å²) in [4.78, 5) is 27.1. The number of aromatic amines is 1. The normalized spacial score (nSPS) is 10.2. The van der Waals surface area contributed by atoms with Gasteiger partial charge in [-0.1, -0.05) is 17.7 Å². The van der Waals surface area contributed by atoms with Crippen LogP contribution in [0.1, 0.15) is 10.6 Å². The average molecular weight is 252 g/mol. The van der Waals surface area contributed by atoms with Gasteiger partial charge in [0, 0.05) is 11.6 Å². The molecule has 0 amide bonds. The van der Waals surface area contributed by atoms with Gasteiger partial charge in [0.25, 0.3) is 5.69 Å². The molecule has 1 aromatic carbocycles. The fraction of sp³-hybridized carbons (Fsp3) is 0. The predicted molar refractivity (Wildman–Crippen MR) is 61.1 cm³/mol. The van der Waals surface area contributed by atoms with E-state index in [2.05, 4.69) is 9.97 Å². The summed E-state index contributed by atoms with van der Waals surface area (Å²) in [5.74, 6) is 0.164. The summed E-state index contributed by atoms with van der Waals surface area (Å²) in [5, 5.41) is 10.8. The minimum absolute atomic E-state index is 0.0638. The third-order valence-corrected chi connectivity index (χ3v) is 2.48. The highest BCUT2D eigenvalue weighted by molar-refractivity contribution is 6.32. The first-order valence-electron chi connectivity index (χ1n) is 4.56. The standard InChI is InChI=1S/C10H6ClN3O3/c11-7-2-1-6(3-9(7)14(16)17)8-4-12-10(5-15)13-8/h1-5H,(H,12,13). The second-order valence-corrected chi connectivity index (χ2v) is 3.63. The Labute approximate surface area is 100 Å². The van der Waals surface area contributed by atoms with E-state index in [9.17, 15) is 14.9 Å². The maximum absolute atomic E-state index is 10.7. The summed E-state index contributed by atoms with van der Waals surface area (Å²) in [6.07, 6.45) is 1.99. The molecule has 0 spiro atoms. The van der Waals surface area contributed by atoms with Gasteiger partial charge in [0.05, 0.1) is 16.8 Å². The second kappa shape index (κ2) is 4.34. The summed E-state index contributed by atoms with van der Waals surface area (Å²) in [6, 6.07) is 4.36. The molecule has 0 unspecified atom stereocenters. The number of imidazole rings is 1. The van der Waals surface area contributed by atoms with Gasteiger partial charge in [0.2, 0.25) is 0 Å². The van der Waals surface area contributed by atoms with Crippen LogP contribution in [-0.2, 0) is 0 Å². The Bertz CT molecular complexity index is 594. The molecule has 7 heteroatoms. The van der Waals surface area contributed by atoms with E-state index in [0.717, 1.165) is 0 Å². The minimum Gasteiger partial charge on any atom is -0.336 e. The number of hydrogen-bond acceptors (Lipinski definition) is 4. The van der Waals surface area contributed by atoms with E-state index in [1.165, 1.54) is 18.3 Å². The van der Waals surface area contributed by atoms with Crippen molar-refractivity contribution in [3.05, 3.63) is 45.4 Å². The van der Waals surface area contributed by atoms with Crippen molar-refractivity contribution in [2.24, 2.45) is 0 Å². The van der Waals surface area contributed by atoms with Gasteiger partial charge in [-0.2, -0.15) is 0 Å². The number of hydrogen-bond donors (Lipinski definition) is 1. The van der Waals surface area contributed by atoms with Gasteiger partial charge in [0.15, 0.2) is 12.1 Å². The number of carbonyl (C=O) groups is 1. The molecule has 6 nitrogen and oxygen atoms in total. The molecule has 1 heterocycles.